The Morgan fingerprint density at radius 3 is 2.90 bits per heavy atom. The molecule has 0 radical (unpaired) electrons. The molecule has 21 heavy (non-hydrogen) atoms. The van der Waals surface area contributed by atoms with Gasteiger partial charge >= 0.3 is 11.7 Å². The number of nitrogens with zero attached hydrogens (tertiary/aromatic N) is 3. The van der Waals surface area contributed by atoms with E-state index in [1.165, 1.54) is 10.9 Å². The maximum atomic E-state index is 11.7. The minimum atomic E-state index is -0.813. The van der Waals surface area contributed by atoms with Crippen molar-refractivity contribution in [2.24, 2.45) is 0 Å². The molecule has 1 aliphatic rings. The SMILES string of the molecule is CCOC(=O)c1nn(C[C@@H]2COC(C)(C)O2)cc1[N+](=O)[O-]. The van der Waals surface area contributed by atoms with Gasteiger partial charge in [-0.3, -0.25) is 14.8 Å². The number of hydrogen-bond donors (Lipinski definition) is 0. The highest BCUT2D eigenvalue weighted by Gasteiger charge is 2.34. The van der Waals surface area contributed by atoms with Gasteiger partial charge in [-0.2, -0.15) is 5.10 Å². The Balaban J connectivity index is 2.16. The summed E-state index contributed by atoms with van der Waals surface area (Å²) in [6.45, 7) is 5.91. The standard InChI is InChI=1S/C12H17N3O6/c1-4-19-11(16)10-9(15(17)18)6-14(13-10)5-8-7-20-12(2,3)21-8/h6,8H,4-5,7H2,1-3H3/t8-/m1/s1. The normalized spacial score (nSPS) is 20.4. The highest BCUT2D eigenvalue weighted by molar-refractivity contribution is 5.91. The molecule has 1 atom stereocenters. The van der Waals surface area contributed by atoms with E-state index in [9.17, 15) is 14.9 Å². The van der Waals surface area contributed by atoms with Crippen LogP contribution in [0.5, 0.6) is 0 Å². The lowest BCUT2D eigenvalue weighted by atomic mass is 10.3. The molecule has 0 unspecified atom stereocenters. The molecular formula is C12H17N3O6. The van der Waals surface area contributed by atoms with Crippen molar-refractivity contribution in [3.63, 3.8) is 0 Å². The summed E-state index contributed by atoms with van der Waals surface area (Å²) in [5, 5.41) is 14.9. The maximum absolute atomic E-state index is 11.7. The van der Waals surface area contributed by atoms with Gasteiger partial charge < -0.3 is 14.2 Å². The Bertz CT molecular complexity index is 553. The number of carbonyl (C=O) groups excluding carboxylic acids is 1. The molecule has 0 N–H and O–H groups in total. The van der Waals surface area contributed by atoms with Crippen LogP contribution >= 0.6 is 0 Å². The third kappa shape index (κ3) is 3.56. The van der Waals surface area contributed by atoms with Crippen LogP contribution in [-0.2, 0) is 20.8 Å². The Labute approximate surface area is 120 Å². The summed E-state index contributed by atoms with van der Waals surface area (Å²) in [4.78, 5) is 22.0. The van der Waals surface area contributed by atoms with Gasteiger partial charge in [0.1, 0.15) is 12.3 Å². The van der Waals surface area contributed by atoms with Gasteiger partial charge in [-0.25, -0.2) is 4.79 Å². The van der Waals surface area contributed by atoms with Gasteiger partial charge in [0.25, 0.3) is 0 Å². The van der Waals surface area contributed by atoms with E-state index >= 15 is 0 Å². The molecule has 0 aliphatic carbocycles. The van der Waals surface area contributed by atoms with Crippen LogP contribution in [0.4, 0.5) is 5.69 Å². The molecule has 2 heterocycles. The van der Waals surface area contributed by atoms with Gasteiger partial charge in [-0.05, 0) is 20.8 Å². The van der Waals surface area contributed by atoms with Crippen LogP contribution in [0.25, 0.3) is 0 Å². The molecule has 1 aromatic heterocycles. The molecule has 1 fully saturated rings. The van der Waals surface area contributed by atoms with E-state index < -0.39 is 16.7 Å². The largest absolute Gasteiger partial charge is 0.461 e. The van der Waals surface area contributed by atoms with Crippen LogP contribution < -0.4 is 0 Å². The summed E-state index contributed by atoms with van der Waals surface area (Å²) < 4.78 is 17.1. The molecule has 0 aromatic carbocycles. The lowest BCUT2D eigenvalue weighted by Crippen LogP contribution is -2.24. The zero-order chi connectivity index (χ0) is 15.6. The fourth-order valence-electron chi connectivity index (χ4n) is 2.04. The van der Waals surface area contributed by atoms with E-state index in [1.54, 1.807) is 20.8 Å². The molecule has 2 rings (SSSR count). The average molecular weight is 299 g/mol. The molecule has 1 aliphatic heterocycles. The number of aromatic nitrogens is 2. The molecule has 1 aromatic rings. The fraction of sp³-hybridized carbons (Fsp3) is 0.667. The summed E-state index contributed by atoms with van der Waals surface area (Å²) >= 11 is 0. The van der Waals surface area contributed by atoms with E-state index in [4.69, 9.17) is 14.2 Å². The van der Waals surface area contributed by atoms with Crippen molar-refractivity contribution in [3.05, 3.63) is 22.0 Å². The molecule has 0 saturated carbocycles. The van der Waals surface area contributed by atoms with Crippen LogP contribution in [0, 0.1) is 10.1 Å². The summed E-state index contributed by atoms with van der Waals surface area (Å²) in [7, 11) is 0. The van der Waals surface area contributed by atoms with Crippen molar-refractivity contribution in [1.29, 1.82) is 0 Å². The zero-order valence-electron chi connectivity index (χ0n) is 12.1. The Morgan fingerprint density at radius 2 is 2.38 bits per heavy atom. The molecule has 9 nitrogen and oxygen atoms in total. The monoisotopic (exact) mass is 299 g/mol. The first-order valence-electron chi connectivity index (χ1n) is 6.53. The average Bonchev–Trinajstić information content (AvgIpc) is 2.94. The van der Waals surface area contributed by atoms with E-state index in [0.717, 1.165) is 0 Å². The Morgan fingerprint density at radius 1 is 1.67 bits per heavy atom. The first kappa shape index (κ1) is 15.4. The summed E-state index contributed by atoms with van der Waals surface area (Å²) in [6.07, 6.45) is 0.913. The first-order chi connectivity index (χ1) is 9.82. The molecule has 9 heteroatoms. The Kier molecular flexibility index (Phi) is 4.24. The predicted octanol–water partition coefficient (Wildman–Crippen LogP) is 1.12. The van der Waals surface area contributed by atoms with Crippen molar-refractivity contribution in [2.45, 2.75) is 39.2 Å². The molecule has 0 amide bonds. The topological polar surface area (TPSA) is 106 Å². The third-order valence-electron chi connectivity index (χ3n) is 2.87. The van der Waals surface area contributed by atoms with Gasteiger partial charge in [0, 0.05) is 0 Å². The van der Waals surface area contributed by atoms with Gasteiger partial charge in [-0.1, -0.05) is 0 Å². The molecule has 0 spiro atoms. The number of hydrogen-bond acceptors (Lipinski definition) is 7. The van der Waals surface area contributed by atoms with Gasteiger partial charge in [-0.15, -0.1) is 0 Å². The van der Waals surface area contributed by atoms with Crippen molar-refractivity contribution in [2.75, 3.05) is 13.2 Å². The van der Waals surface area contributed by atoms with E-state index in [-0.39, 0.29) is 30.6 Å². The second kappa shape index (κ2) is 5.78. The van der Waals surface area contributed by atoms with E-state index in [2.05, 4.69) is 5.10 Å². The van der Waals surface area contributed by atoms with E-state index in [0.29, 0.717) is 6.61 Å². The van der Waals surface area contributed by atoms with Gasteiger partial charge in [0.15, 0.2) is 5.79 Å². The number of carbonyl (C=O) groups is 1. The van der Waals surface area contributed by atoms with Crippen molar-refractivity contribution in [3.8, 4) is 0 Å². The lowest BCUT2D eigenvalue weighted by molar-refractivity contribution is -0.385. The van der Waals surface area contributed by atoms with Crippen molar-refractivity contribution in [1.82, 2.24) is 9.78 Å². The molecule has 1 saturated heterocycles. The summed E-state index contributed by atoms with van der Waals surface area (Å²) in [5.41, 5.74) is -0.688. The second-order valence-corrected chi connectivity index (χ2v) is 5.01. The molecule has 116 valence electrons. The smallest absolute Gasteiger partial charge is 0.366 e. The van der Waals surface area contributed by atoms with Crippen LogP contribution in [0.3, 0.4) is 0 Å². The van der Waals surface area contributed by atoms with Gasteiger partial charge in [0.2, 0.25) is 5.69 Å². The number of nitro groups is 1. The quantitative estimate of drug-likeness (QED) is 0.455. The third-order valence-corrected chi connectivity index (χ3v) is 2.87. The minimum Gasteiger partial charge on any atom is -0.461 e. The van der Waals surface area contributed by atoms with E-state index in [1.807, 2.05) is 0 Å². The zero-order valence-corrected chi connectivity index (χ0v) is 12.1. The lowest BCUT2D eigenvalue weighted by Gasteiger charge is -2.16. The van der Waals surface area contributed by atoms with Crippen LogP contribution in [0.2, 0.25) is 0 Å². The van der Waals surface area contributed by atoms with Crippen LogP contribution in [0.1, 0.15) is 31.3 Å². The highest BCUT2D eigenvalue weighted by atomic mass is 16.7. The predicted molar refractivity (Wildman–Crippen MR) is 69.7 cm³/mol. The van der Waals surface area contributed by atoms with Crippen molar-refractivity contribution < 1.29 is 23.9 Å². The number of esters is 1. The van der Waals surface area contributed by atoms with Crippen LogP contribution in [-0.4, -0.2) is 45.8 Å². The Hall–Kier alpha value is -2.00. The minimum absolute atomic E-state index is 0.122. The van der Waals surface area contributed by atoms with Crippen molar-refractivity contribution >= 4 is 11.7 Å². The number of ether oxygens (including phenoxy) is 3. The maximum Gasteiger partial charge on any atom is 0.366 e. The number of rotatable bonds is 5. The molecular weight excluding hydrogens is 282 g/mol. The highest BCUT2D eigenvalue weighted by Crippen LogP contribution is 2.24. The van der Waals surface area contributed by atoms with Gasteiger partial charge in [0.05, 0.1) is 24.7 Å². The molecule has 0 bridgehead atoms. The first-order valence-corrected chi connectivity index (χ1v) is 6.53. The van der Waals surface area contributed by atoms with Crippen LogP contribution in [0.15, 0.2) is 6.20 Å². The fourth-order valence-corrected chi connectivity index (χ4v) is 2.04. The summed E-state index contributed by atoms with van der Waals surface area (Å²) in [6, 6.07) is 0. The second-order valence-electron chi connectivity index (χ2n) is 5.01. The summed E-state index contributed by atoms with van der Waals surface area (Å²) in [5.74, 6) is -1.50.